The van der Waals surface area contributed by atoms with Crippen molar-refractivity contribution in [2.45, 2.75) is 46.0 Å². The fraction of sp³-hybridized carbons (Fsp3) is 0.765. The summed E-state index contributed by atoms with van der Waals surface area (Å²) in [6.07, 6.45) is 1.69. The quantitative estimate of drug-likeness (QED) is 0.433. The second kappa shape index (κ2) is 8.82. The summed E-state index contributed by atoms with van der Waals surface area (Å²) in [5.74, 6) is -7.60. The van der Waals surface area contributed by atoms with Crippen LogP contribution in [-0.4, -0.2) is 44.3 Å². The lowest BCUT2D eigenvalue weighted by Crippen LogP contribution is -2.27. The highest BCUT2D eigenvalue weighted by atomic mass is 16.4. The molecule has 0 aromatic heterocycles. The highest BCUT2D eigenvalue weighted by Gasteiger charge is 2.40. The lowest BCUT2D eigenvalue weighted by Gasteiger charge is -2.24. The van der Waals surface area contributed by atoms with Crippen LogP contribution in [-0.2, 0) is 19.2 Å². The van der Waals surface area contributed by atoms with Gasteiger partial charge >= 0.3 is 23.9 Å². The Balaban J connectivity index is 2.74. The van der Waals surface area contributed by atoms with Crippen molar-refractivity contribution in [1.29, 1.82) is 0 Å². The van der Waals surface area contributed by atoms with Crippen molar-refractivity contribution in [3.05, 3.63) is 0 Å². The minimum Gasteiger partial charge on any atom is -0.481 e. The summed E-state index contributed by atoms with van der Waals surface area (Å²) in [4.78, 5) is 44.1. The minimum absolute atomic E-state index is 0.0180. The van der Waals surface area contributed by atoms with Gasteiger partial charge in [-0.15, -0.1) is 0 Å². The van der Waals surface area contributed by atoms with Crippen molar-refractivity contribution in [2.75, 3.05) is 0 Å². The number of carboxylic acid groups (broad SMARTS) is 4. The van der Waals surface area contributed by atoms with Crippen molar-refractivity contribution in [3.8, 4) is 0 Å². The highest BCUT2D eigenvalue weighted by Crippen LogP contribution is 2.46. The average molecular weight is 358 g/mol. The van der Waals surface area contributed by atoms with Crippen LogP contribution in [0.3, 0.4) is 0 Å². The molecule has 0 aromatic carbocycles. The molecule has 0 heterocycles. The van der Waals surface area contributed by atoms with E-state index in [1.807, 2.05) is 6.92 Å². The molecule has 0 saturated heterocycles. The lowest BCUT2D eigenvalue weighted by molar-refractivity contribution is -0.157. The number of carbonyl (C=O) groups is 4. The lowest BCUT2D eigenvalue weighted by atomic mass is 9.80. The van der Waals surface area contributed by atoms with Crippen LogP contribution >= 0.6 is 0 Å². The Bertz CT molecular complexity index is 501. The van der Waals surface area contributed by atoms with E-state index in [1.54, 1.807) is 0 Å². The SMILES string of the molecule is CC1CC(CCC(C(=O)O)C(=O)O)C(CCC(C(=O)O)C(=O)O)C1C. The summed E-state index contributed by atoms with van der Waals surface area (Å²) in [6, 6.07) is 0. The summed E-state index contributed by atoms with van der Waals surface area (Å²) < 4.78 is 0. The summed E-state index contributed by atoms with van der Waals surface area (Å²) in [5, 5.41) is 35.9. The minimum atomic E-state index is -1.45. The molecule has 0 spiro atoms. The zero-order valence-corrected chi connectivity index (χ0v) is 14.4. The van der Waals surface area contributed by atoms with Crippen molar-refractivity contribution in [2.24, 2.45) is 35.5 Å². The van der Waals surface area contributed by atoms with Crippen LogP contribution < -0.4 is 0 Å². The van der Waals surface area contributed by atoms with E-state index in [1.165, 1.54) is 0 Å². The molecule has 0 amide bonds. The molecule has 0 bridgehead atoms. The van der Waals surface area contributed by atoms with E-state index in [4.69, 9.17) is 20.4 Å². The molecule has 0 aromatic rings. The van der Waals surface area contributed by atoms with E-state index in [9.17, 15) is 19.2 Å². The van der Waals surface area contributed by atoms with E-state index in [0.717, 1.165) is 6.42 Å². The number of carboxylic acids is 4. The molecule has 8 heteroatoms. The van der Waals surface area contributed by atoms with Crippen molar-refractivity contribution < 1.29 is 39.6 Å². The molecule has 4 unspecified atom stereocenters. The molecule has 1 saturated carbocycles. The van der Waals surface area contributed by atoms with Gasteiger partial charge in [-0.1, -0.05) is 13.8 Å². The summed E-state index contributed by atoms with van der Waals surface area (Å²) in [7, 11) is 0. The van der Waals surface area contributed by atoms with Gasteiger partial charge in [-0.05, 0) is 55.8 Å². The molecule has 0 aliphatic heterocycles. The Morgan fingerprint density at radius 3 is 1.60 bits per heavy atom. The van der Waals surface area contributed by atoms with E-state index in [-0.39, 0.29) is 30.6 Å². The zero-order valence-electron chi connectivity index (χ0n) is 14.4. The average Bonchev–Trinajstić information content (AvgIpc) is 2.73. The molecular formula is C17H26O8. The zero-order chi connectivity index (χ0) is 19.3. The van der Waals surface area contributed by atoms with Crippen LogP contribution in [0.1, 0.15) is 46.0 Å². The van der Waals surface area contributed by atoms with Crippen LogP contribution in [0.4, 0.5) is 0 Å². The van der Waals surface area contributed by atoms with Crippen LogP contribution in [0.15, 0.2) is 0 Å². The molecule has 1 aliphatic carbocycles. The van der Waals surface area contributed by atoms with E-state index in [0.29, 0.717) is 18.8 Å². The third-order valence-corrected chi connectivity index (χ3v) is 5.66. The van der Waals surface area contributed by atoms with Crippen LogP contribution in [0.5, 0.6) is 0 Å². The molecule has 1 rings (SSSR count). The number of rotatable bonds is 10. The Labute approximate surface area is 145 Å². The second-order valence-corrected chi connectivity index (χ2v) is 7.11. The number of aliphatic carboxylic acids is 4. The standard InChI is InChI=1S/C17H26O8/c1-8-7-10(3-4-12(14(18)19)15(20)21)11(9(8)2)5-6-13(16(22)23)17(24)25/h8-13H,3-7H2,1-2H3,(H,18,19)(H,20,21)(H,22,23)(H,24,25). The highest BCUT2D eigenvalue weighted by molar-refractivity contribution is 5.93. The second-order valence-electron chi connectivity index (χ2n) is 7.11. The number of hydrogen-bond donors (Lipinski definition) is 4. The maximum atomic E-state index is 11.0. The van der Waals surface area contributed by atoms with Gasteiger partial charge < -0.3 is 20.4 Å². The Morgan fingerprint density at radius 1 is 0.800 bits per heavy atom. The molecule has 142 valence electrons. The first-order chi connectivity index (χ1) is 11.6. The van der Waals surface area contributed by atoms with Gasteiger partial charge in [-0.2, -0.15) is 0 Å². The van der Waals surface area contributed by atoms with Gasteiger partial charge in [-0.25, -0.2) is 0 Å². The maximum Gasteiger partial charge on any atom is 0.317 e. The Hall–Kier alpha value is -2.12. The predicted molar refractivity (Wildman–Crippen MR) is 85.9 cm³/mol. The molecule has 1 fully saturated rings. The fourth-order valence-corrected chi connectivity index (χ4v) is 3.99. The normalized spacial score (nSPS) is 26.1. The molecule has 25 heavy (non-hydrogen) atoms. The summed E-state index contributed by atoms with van der Waals surface area (Å²) in [6.45, 7) is 4.08. The van der Waals surface area contributed by atoms with E-state index >= 15 is 0 Å². The van der Waals surface area contributed by atoms with Crippen molar-refractivity contribution in [3.63, 3.8) is 0 Å². The first kappa shape index (κ1) is 20.9. The molecule has 1 aliphatic rings. The smallest absolute Gasteiger partial charge is 0.317 e. The summed E-state index contributed by atoms with van der Waals surface area (Å²) in [5.41, 5.74) is 0. The first-order valence-electron chi connectivity index (χ1n) is 8.47. The monoisotopic (exact) mass is 358 g/mol. The van der Waals surface area contributed by atoms with Crippen LogP contribution in [0.2, 0.25) is 0 Å². The maximum absolute atomic E-state index is 11.0. The number of hydrogen-bond acceptors (Lipinski definition) is 4. The van der Waals surface area contributed by atoms with E-state index in [2.05, 4.69) is 6.92 Å². The van der Waals surface area contributed by atoms with Gasteiger partial charge in [0, 0.05) is 0 Å². The van der Waals surface area contributed by atoms with Gasteiger partial charge in [0.15, 0.2) is 11.8 Å². The molecule has 8 nitrogen and oxygen atoms in total. The van der Waals surface area contributed by atoms with Gasteiger partial charge in [-0.3, -0.25) is 19.2 Å². The summed E-state index contributed by atoms with van der Waals surface area (Å²) >= 11 is 0. The van der Waals surface area contributed by atoms with Gasteiger partial charge in [0.1, 0.15) is 0 Å². The van der Waals surface area contributed by atoms with Crippen LogP contribution in [0, 0.1) is 35.5 Å². The third-order valence-electron chi connectivity index (χ3n) is 5.66. The topological polar surface area (TPSA) is 149 Å². The Kier molecular flexibility index (Phi) is 7.38. The fourth-order valence-electron chi connectivity index (χ4n) is 3.99. The molecule has 4 N–H and O–H groups in total. The van der Waals surface area contributed by atoms with Crippen LogP contribution in [0.25, 0.3) is 0 Å². The third kappa shape index (κ3) is 5.44. The molecular weight excluding hydrogens is 332 g/mol. The molecule has 0 radical (unpaired) electrons. The van der Waals surface area contributed by atoms with Gasteiger partial charge in [0.2, 0.25) is 0 Å². The van der Waals surface area contributed by atoms with E-state index < -0.39 is 35.7 Å². The van der Waals surface area contributed by atoms with Gasteiger partial charge in [0.25, 0.3) is 0 Å². The van der Waals surface area contributed by atoms with Gasteiger partial charge in [0.05, 0.1) is 0 Å². The first-order valence-corrected chi connectivity index (χ1v) is 8.47. The Morgan fingerprint density at radius 2 is 1.20 bits per heavy atom. The van der Waals surface area contributed by atoms with Crippen molar-refractivity contribution >= 4 is 23.9 Å². The molecule has 4 atom stereocenters. The van der Waals surface area contributed by atoms with Crippen molar-refractivity contribution in [1.82, 2.24) is 0 Å². The largest absolute Gasteiger partial charge is 0.481 e. The predicted octanol–water partition coefficient (Wildman–Crippen LogP) is 2.03.